The highest BCUT2D eigenvalue weighted by Crippen LogP contribution is 2.30. The highest BCUT2D eigenvalue weighted by atomic mass is 19.3. The maximum atomic E-state index is 13.6. The predicted octanol–water partition coefficient (Wildman–Crippen LogP) is 2.95. The van der Waals surface area contributed by atoms with Crippen LogP contribution < -0.4 is 0 Å². The summed E-state index contributed by atoms with van der Waals surface area (Å²) in [5.41, 5.74) is 0. The number of rotatable bonds is 11. The lowest BCUT2D eigenvalue weighted by Gasteiger charge is -2.41. The van der Waals surface area contributed by atoms with Crippen molar-refractivity contribution in [2.45, 2.75) is 64.2 Å². The van der Waals surface area contributed by atoms with Crippen LogP contribution in [-0.2, 0) is 14.2 Å². The SMILES string of the molecule is CC1CC(OCC(F)(F)COCCCOC2CN(C(C)C)C2)C1. The minimum absolute atomic E-state index is 0.0113. The van der Waals surface area contributed by atoms with Crippen molar-refractivity contribution in [1.29, 1.82) is 0 Å². The van der Waals surface area contributed by atoms with Gasteiger partial charge in [-0.25, -0.2) is 8.78 Å². The molecule has 136 valence electrons. The molecule has 0 aromatic rings. The summed E-state index contributed by atoms with van der Waals surface area (Å²) in [5, 5.41) is 0. The number of hydrogen-bond acceptors (Lipinski definition) is 4. The summed E-state index contributed by atoms with van der Waals surface area (Å²) < 4.78 is 43.1. The Kier molecular flexibility index (Phi) is 7.19. The largest absolute Gasteiger partial charge is 0.375 e. The summed E-state index contributed by atoms with van der Waals surface area (Å²) in [4.78, 5) is 2.34. The van der Waals surface area contributed by atoms with Gasteiger partial charge in [-0.3, -0.25) is 4.90 Å². The van der Waals surface area contributed by atoms with E-state index >= 15 is 0 Å². The molecule has 0 aromatic carbocycles. The first-order valence-electron chi connectivity index (χ1n) is 8.78. The number of alkyl halides is 2. The van der Waals surface area contributed by atoms with Crippen molar-refractivity contribution < 1.29 is 23.0 Å². The van der Waals surface area contributed by atoms with E-state index < -0.39 is 19.1 Å². The van der Waals surface area contributed by atoms with Crippen LogP contribution in [0.25, 0.3) is 0 Å². The van der Waals surface area contributed by atoms with E-state index in [1.54, 1.807) is 0 Å². The van der Waals surface area contributed by atoms with E-state index in [0.29, 0.717) is 31.6 Å². The molecule has 0 N–H and O–H groups in total. The molecule has 1 saturated heterocycles. The van der Waals surface area contributed by atoms with Gasteiger partial charge in [-0.2, -0.15) is 0 Å². The van der Waals surface area contributed by atoms with E-state index in [2.05, 4.69) is 25.7 Å². The fraction of sp³-hybridized carbons (Fsp3) is 1.00. The van der Waals surface area contributed by atoms with E-state index in [9.17, 15) is 8.78 Å². The first-order chi connectivity index (χ1) is 10.9. The lowest BCUT2D eigenvalue weighted by Crippen LogP contribution is -2.55. The first kappa shape index (κ1) is 19.0. The molecule has 1 saturated carbocycles. The number of hydrogen-bond donors (Lipinski definition) is 0. The Morgan fingerprint density at radius 3 is 2.35 bits per heavy atom. The van der Waals surface area contributed by atoms with Gasteiger partial charge in [0.15, 0.2) is 0 Å². The fourth-order valence-corrected chi connectivity index (χ4v) is 2.88. The van der Waals surface area contributed by atoms with Crippen LogP contribution in [0.2, 0.25) is 0 Å². The summed E-state index contributed by atoms with van der Waals surface area (Å²) in [6.07, 6.45) is 2.73. The van der Waals surface area contributed by atoms with Crippen molar-refractivity contribution in [1.82, 2.24) is 4.90 Å². The number of likely N-dealkylation sites (tertiary alicyclic amines) is 1. The third kappa shape index (κ3) is 6.61. The Labute approximate surface area is 138 Å². The quantitative estimate of drug-likeness (QED) is 0.543. The molecule has 4 nitrogen and oxygen atoms in total. The van der Waals surface area contributed by atoms with E-state index in [-0.39, 0.29) is 12.2 Å². The Balaban J connectivity index is 1.41. The maximum Gasteiger partial charge on any atom is 0.293 e. The molecule has 0 amide bonds. The molecule has 0 atom stereocenters. The third-order valence-electron chi connectivity index (χ3n) is 4.57. The van der Waals surface area contributed by atoms with Crippen LogP contribution in [0.4, 0.5) is 8.78 Å². The van der Waals surface area contributed by atoms with Crippen molar-refractivity contribution in [2.24, 2.45) is 5.92 Å². The molecule has 1 heterocycles. The predicted molar refractivity (Wildman–Crippen MR) is 85.0 cm³/mol. The molecule has 6 heteroatoms. The van der Waals surface area contributed by atoms with E-state index in [4.69, 9.17) is 14.2 Å². The van der Waals surface area contributed by atoms with Gasteiger partial charge in [0.05, 0.1) is 12.2 Å². The summed E-state index contributed by atoms with van der Waals surface area (Å²) in [6.45, 7) is 8.14. The van der Waals surface area contributed by atoms with E-state index in [1.165, 1.54) is 0 Å². The normalized spacial score (nSPS) is 26.3. The average Bonchev–Trinajstić information content (AvgIpc) is 2.38. The van der Waals surface area contributed by atoms with Gasteiger partial charge >= 0.3 is 0 Å². The molecule has 0 bridgehead atoms. The molecule has 0 aromatic heterocycles. The van der Waals surface area contributed by atoms with Crippen molar-refractivity contribution in [3.8, 4) is 0 Å². The first-order valence-corrected chi connectivity index (χ1v) is 8.78. The van der Waals surface area contributed by atoms with Crippen LogP contribution in [0, 0.1) is 5.92 Å². The Hall–Kier alpha value is -0.300. The second-order valence-electron chi connectivity index (χ2n) is 7.31. The Morgan fingerprint density at radius 2 is 1.74 bits per heavy atom. The van der Waals surface area contributed by atoms with Gasteiger partial charge < -0.3 is 14.2 Å². The van der Waals surface area contributed by atoms with Crippen LogP contribution in [0.1, 0.15) is 40.0 Å². The van der Waals surface area contributed by atoms with Crippen LogP contribution in [-0.4, -0.2) is 68.6 Å². The smallest absolute Gasteiger partial charge is 0.293 e. The summed E-state index contributed by atoms with van der Waals surface area (Å²) in [6, 6.07) is 0.561. The molecule has 2 fully saturated rings. The molecule has 2 aliphatic rings. The molecule has 1 aliphatic carbocycles. The average molecular weight is 335 g/mol. The molecular weight excluding hydrogens is 304 g/mol. The number of ether oxygens (including phenoxy) is 3. The van der Waals surface area contributed by atoms with Crippen LogP contribution in [0.5, 0.6) is 0 Å². The van der Waals surface area contributed by atoms with Crippen LogP contribution in [0.15, 0.2) is 0 Å². The van der Waals surface area contributed by atoms with Gasteiger partial charge in [0.2, 0.25) is 0 Å². The minimum Gasteiger partial charge on any atom is -0.375 e. The Bertz CT molecular complexity index is 343. The zero-order chi connectivity index (χ0) is 16.9. The Morgan fingerprint density at radius 1 is 1.04 bits per heavy atom. The zero-order valence-electron chi connectivity index (χ0n) is 14.6. The third-order valence-corrected chi connectivity index (χ3v) is 4.57. The van der Waals surface area contributed by atoms with Gasteiger partial charge in [-0.05, 0) is 39.0 Å². The van der Waals surface area contributed by atoms with Crippen molar-refractivity contribution >= 4 is 0 Å². The highest BCUT2D eigenvalue weighted by molar-refractivity contribution is 4.82. The van der Waals surface area contributed by atoms with Gasteiger partial charge in [-0.15, -0.1) is 0 Å². The second kappa shape index (κ2) is 8.70. The second-order valence-corrected chi connectivity index (χ2v) is 7.31. The lowest BCUT2D eigenvalue weighted by atomic mass is 9.84. The minimum atomic E-state index is -2.90. The monoisotopic (exact) mass is 335 g/mol. The van der Waals surface area contributed by atoms with E-state index in [0.717, 1.165) is 25.9 Å². The van der Waals surface area contributed by atoms with Gasteiger partial charge in [-0.1, -0.05) is 6.92 Å². The summed E-state index contributed by atoms with van der Waals surface area (Å²) >= 11 is 0. The van der Waals surface area contributed by atoms with Gasteiger partial charge in [0.25, 0.3) is 5.92 Å². The molecule has 23 heavy (non-hydrogen) atoms. The number of halogens is 2. The molecular formula is C17H31F2NO3. The lowest BCUT2D eigenvalue weighted by molar-refractivity contribution is -0.154. The van der Waals surface area contributed by atoms with E-state index in [1.807, 2.05) is 0 Å². The standard InChI is InChI=1S/C17H31F2NO3/c1-13(2)20-9-16(10-20)22-6-4-5-21-11-17(18,19)12-23-15-7-14(3)8-15/h13-16H,4-12H2,1-3H3. The van der Waals surface area contributed by atoms with Crippen LogP contribution in [0.3, 0.4) is 0 Å². The summed E-state index contributed by atoms with van der Waals surface area (Å²) in [7, 11) is 0. The summed E-state index contributed by atoms with van der Waals surface area (Å²) in [5.74, 6) is -2.29. The van der Waals surface area contributed by atoms with Gasteiger partial charge in [0, 0.05) is 32.3 Å². The topological polar surface area (TPSA) is 30.9 Å². The maximum absolute atomic E-state index is 13.6. The number of nitrogens with zero attached hydrogens (tertiary/aromatic N) is 1. The molecule has 1 aliphatic heterocycles. The molecule has 0 unspecified atom stereocenters. The van der Waals surface area contributed by atoms with Crippen molar-refractivity contribution in [3.05, 3.63) is 0 Å². The molecule has 0 spiro atoms. The molecule has 2 rings (SSSR count). The zero-order valence-corrected chi connectivity index (χ0v) is 14.6. The molecule has 0 radical (unpaired) electrons. The fourth-order valence-electron chi connectivity index (χ4n) is 2.88. The van der Waals surface area contributed by atoms with Crippen molar-refractivity contribution in [3.63, 3.8) is 0 Å². The highest BCUT2D eigenvalue weighted by Gasteiger charge is 2.34. The van der Waals surface area contributed by atoms with Gasteiger partial charge in [0.1, 0.15) is 13.2 Å². The van der Waals surface area contributed by atoms with Crippen molar-refractivity contribution in [2.75, 3.05) is 39.5 Å². The van der Waals surface area contributed by atoms with Crippen LogP contribution >= 0.6 is 0 Å².